The van der Waals surface area contributed by atoms with E-state index < -0.39 is 4.92 Å². The largest absolute Gasteiger partial charge is 0.315 e. The maximum atomic E-state index is 10.7. The van der Waals surface area contributed by atoms with E-state index in [2.05, 4.69) is 11.6 Å². The van der Waals surface area contributed by atoms with E-state index in [0.29, 0.717) is 0 Å². The third-order valence-electron chi connectivity index (χ3n) is 2.71. The fourth-order valence-electron chi connectivity index (χ4n) is 1.91. The molecule has 0 aliphatic carbocycles. The molecule has 0 aliphatic heterocycles. The highest BCUT2D eigenvalue weighted by molar-refractivity contribution is 6.05. The maximum Gasteiger partial charge on any atom is 0.270 e. The minimum absolute atomic E-state index is 0.0867. The van der Waals surface area contributed by atoms with E-state index in [1.807, 2.05) is 22.9 Å². The van der Waals surface area contributed by atoms with Crippen LogP contribution in [0.3, 0.4) is 0 Å². The number of hydrogen-bond acceptors (Lipinski definition) is 3. The van der Waals surface area contributed by atoms with Crippen molar-refractivity contribution in [1.82, 2.24) is 4.57 Å². The van der Waals surface area contributed by atoms with Crippen LogP contribution in [0.25, 0.3) is 16.6 Å². The van der Waals surface area contributed by atoms with E-state index in [0.717, 1.165) is 16.6 Å². The first kappa shape index (κ1) is 12.8. The minimum Gasteiger partial charge on any atom is -0.315 e. The number of nitrogens with zero attached hydrogens (tertiary/aromatic N) is 3. The van der Waals surface area contributed by atoms with Gasteiger partial charge >= 0.3 is 0 Å². The summed E-state index contributed by atoms with van der Waals surface area (Å²) >= 11 is 0. The van der Waals surface area contributed by atoms with Crippen LogP contribution >= 0.6 is 0 Å². The highest BCUT2D eigenvalue weighted by atomic mass is 16.6. The van der Waals surface area contributed by atoms with E-state index in [1.54, 1.807) is 31.5 Å². The van der Waals surface area contributed by atoms with Gasteiger partial charge in [0.05, 0.1) is 16.1 Å². The van der Waals surface area contributed by atoms with E-state index >= 15 is 0 Å². The van der Waals surface area contributed by atoms with Crippen molar-refractivity contribution in [3.8, 4) is 0 Å². The molecule has 0 spiro atoms. The summed E-state index contributed by atoms with van der Waals surface area (Å²) in [4.78, 5) is 14.3. The normalized spacial score (nSPS) is 12.2. The molecule has 5 heteroatoms. The number of benzene rings is 1. The van der Waals surface area contributed by atoms with Crippen LogP contribution in [0.15, 0.2) is 54.2 Å². The molecular formula is C14H13N3O2. The fourth-order valence-corrected chi connectivity index (χ4v) is 1.91. The molecule has 19 heavy (non-hydrogen) atoms. The number of hydrogen-bond donors (Lipinski definition) is 0. The Morgan fingerprint density at radius 3 is 2.89 bits per heavy atom. The Hall–Kier alpha value is -2.69. The van der Waals surface area contributed by atoms with Gasteiger partial charge in [0.25, 0.3) is 5.69 Å². The first-order valence-electron chi connectivity index (χ1n) is 5.68. The average Bonchev–Trinajstić information content (AvgIpc) is 2.81. The lowest BCUT2D eigenvalue weighted by molar-refractivity contribution is -0.384. The molecule has 0 fully saturated rings. The Morgan fingerprint density at radius 1 is 1.47 bits per heavy atom. The van der Waals surface area contributed by atoms with Crippen LogP contribution in [-0.4, -0.2) is 22.8 Å². The smallest absolute Gasteiger partial charge is 0.270 e. The van der Waals surface area contributed by atoms with Gasteiger partial charge in [0.15, 0.2) is 0 Å². The molecule has 5 nitrogen and oxygen atoms in total. The Bertz CT molecular complexity index is 696. The Labute approximate surface area is 110 Å². The number of aromatic nitrogens is 1. The van der Waals surface area contributed by atoms with Crippen LogP contribution in [-0.2, 0) is 0 Å². The van der Waals surface area contributed by atoms with E-state index in [9.17, 15) is 10.1 Å². The number of nitro groups is 1. The molecule has 0 radical (unpaired) electrons. The molecule has 2 rings (SSSR count). The predicted octanol–water partition coefficient (Wildman–Crippen LogP) is 3.28. The highest BCUT2D eigenvalue weighted by Crippen LogP contribution is 2.23. The molecule has 0 amide bonds. The second kappa shape index (κ2) is 5.30. The van der Waals surface area contributed by atoms with Crippen molar-refractivity contribution in [3.05, 3.63) is 59.3 Å². The second-order valence-corrected chi connectivity index (χ2v) is 3.90. The van der Waals surface area contributed by atoms with Crippen molar-refractivity contribution in [2.75, 3.05) is 7.05 Å². The first-order chi connectivity index (χ1) is 9.17. The summed E-state index contributed by atoms with van der Waals surface area (Å²) in [7, 11) is 1.69. The number of fused-ring (bicyclic) bond motifs is 1. The monoisotopic (exact) mass is 255 g/mol. The lowest BCUT2D eigenvalue weighted by atomic mass is 10.2. The molecule has 96 valence electrons. The number of allylic oxidation sites excluding steroid dienone is 3. The van der Waals surface area contributed by atoms with Crippen LogP contribution in [0, 0.1) is 10.1 Å². The molecule has 0 N–H and O–H groups in total. The molecular weight excluding hydrogens is 242 g/mol. The molecule has 0 atom stereocenters. The third kappa shape index (κ3) is 2.44. The van der Waals surface area contributed by atoms with E-state index in [1.165, 1.54) is 6.07 Å². The average molecular weight is 255 g/mol. The van der Waals surface area contributed by atoms with Gasteiger partial charge in [0, 0.05) is 37.0 Å². The summed E-state index contributed by atoms with van der Waals surface area (Å²) in [6.45, 7) is 3.67. The van der Waals surface area contributed by atoms with Crippen molar-refractivity contribution >= 4 is 28.5 Å². The van der Waals surface area contributed by atoms with Gasteiger partial charge in [-0.3, -0.25) is 15.1 Å². The van der Waals surface area contributed by atoms with E-state index in [-0.39, 0.29) is 5.69 Å². The second-order valence-electron chi connectivity index (χ2n) is 3.90. The Balaban J connectivity index is 2.60. The Morgan fingerprint density at radius 2 is 2.26 bits per heavy atom. The van der Waals surface area contributed by atoms with Crippen LogP contribution in [0.4, 0.5) is 5.69 Å². The van der Waals surface area contributed by atoms with Gasteiger partial charge in [0.1, 0.15) is 0 Å². The van der Waals surface area contributed by atoms with E-state index in [4.69, 9.17) is 0 Å². The molecule has 0 aliphatic rings. The molecule has 2 aromatic rings. The van der Waals surface area contributed by atoms with Crippen molar-refractivity contribution in [1.29, 1.82) is 0 Å². The topological polar surface area (TPSA) is 60.4 Å². The predicted molar refractivity (Wildman–Crippen MR) is 77.5 cm³/mol. The SMILES string of the molecule is C=C/C=C(\C=NC)n1ccc2cc([N+](=O)[O-])ccc21. The quantitative estimate of drug-likeness (QED) is 0.364. The summed E-state index contributed by atoms with van der Waals surface area (Å²) in [6.07, 6.45) is 7.07. The van der Waals surface area contributed by atoms with Crippen LogP contribution in [0.1, 0.15) is 0 Å². The zero-order chi connectivity index (χ0) is 13.8. The molecule has 0 bridgehead atoms. The number of rotatable bonds is 4. The van der Waals surface area contributed by atoms with Crippen molar-refractivity contribution in [2.45, 2.75) is 0 Å². The van der Waals surface area contributed by atoms with Gasteiger partial charge in [-0.05, 0) is 18.2 Å². The number of non-ortho nitro benzene ring substituents is 1. The zero-order valence-electron chi connectivity index (χ0n) is 10.5. The molecule has 1 heterocycles. The summed E-state index contributed by atoms with van der Waals surface area (Å²) in [5.41, 5.74) is 1.82. The molecule has 0 saturated carbocycles. The minimum atomic E-state index is -0.398. The lowest BCUT2D eigenvalue weighted by Crippen LogP contribution is -1.96. The van der Waals surface area contributed by atoms with Gasteiger partial charge < -0.3 is 4.57 Å². The van der Waals surface area contributed by atoms with Gasteiger partial charge in [-0.25, -0.2) is 0 Å². The van der Waals surface area contributed by atoms with Gasteiger partial charge in [-0.15, -0.1) is 0 Å². The van der Waals surface area contributed by atoms with Gasteiger partial charge in [0.2, 0.25) is 0 Å². The standard InChI is InChI=1S/C14H13N3O2/c1-3-4-13(10-15-2)16-8-7-11-9-12(17(18)19)5-6-14(11)16/h3-10H,1H2,2H3/b13-4+,15-10?. The molecule has 1 aromatic heterocycles. The van der Waals surface area contributed by atoms with Crippen LogP contribution < -0.4 is 0 Å². The maximum absolute atomic E-state index is 10.7. The van der Waals surface area contributed by atoms with Crippen LogP contribution in [0.5, 0.6) is 0 Å². The first-order valence-corrected chi connectivity index (χ1v) is 5.68. The van der Waals surface area contributed by atoms with Gasteiger partial charge in [-0.1, -0.05) is 12.7 Å². The number of nitro benzene ring substituents is 1. The molecule has 1 aromatic carbocycles. The summed E-state index contributed by atoms with van der Waals surface area (Å²) in [5, 5.41) is 11.6. The van der Waals surface area contributed by atoms with Crippen LogP contribution in [0.2, 0.25) is 0 Å². The zero-order valence-corrected chi connectivity index (χ0v) is 10.5. The van der Waals surface area contributed by atoms with Crippen molar-refractivity contribution in [2.24, 2.45) is 4.99 Å². The number of aliphatic imine (C=N–C) groups is 1. The van der Waals surface area contributed by atoms with Crippen molar-refractivity contribution in [3.63, 3.8) is 0 Å². The Kier molecular flexibility index (Phi) is 3.56. The summed E-state index contributed by atoms with van der Waals surface area (Å²) in [6, 6.07) is 6.62. The highest BCUT2D eigenvalue weighted by Gasteiger charge is 2.09. The molecule has 0 unspecified atom stereocenters. The third-order valence-corrected chi connectivity index (χ3v) is 2.71. The molecule has 0 saturated heterocycles. The summed E-state index contributed by atoms with van der Waals surface area (Å²) < 4.78 is 1.91. The fraction of sp³-hybridized carbons (Fsp3) is 0.0714. The van der Waals surface area contributed by atoms with Gasteiger partial charge in [-0.2, -0.15) is 0 Å². The lowest BCUT2D eigenvalue weighted by Gasteiger charge is -2.05. The van der Waals surface area contributed by atoms with Crippen molar-refractivity contribution < 1.29 is 4.92 Å². The summed E-state index contributed by atoms with van der Waals surface area (Å²) in [5.74, 6) is 0.